The molecule has 0 saturated carbocycles. The first-order valence-electron chi connectivity index (χ1n) is 5.80. The van der Waals surface area contributed by atoms with Crippen molar-refractivity contribution in [1.29, 1.82) is 0 Å². The van der Waals surface area contributed by atoms with Crippen LogP contribution in [0, 0.1) is 0 Å². The lowest BCUT2D eigenvalue weighted by molar-refractivity contribution is 0.394. The van der Waals surface area contributed by atoms with Crippen molar-refractivity contribution < 1.29 is 9.47 Å². The third-order valence-corrected chi connectivity index (χ3v) is 2.70. The Bertz CT molecular complexity index is 320. The SMILES string of the molecule is CNCCCN(C)c1cc(OC)cc(OC)c1. The van der Waals surface area contributed by atoms with E-state index < -0.39 is 0 Å². The highest BCUT2D eigenvalue weighted by molar-refractivity contribution is 5.55. The standard InChI is InChI=1S/C13H22N2O2/c1-14-6-5-7-15(2)11-8-12(16-3)10-13(9-11)17-4/h8-10,14H,5-7H2,1-4H3. The van der Waals surface area contributed by atoms with Gasteiger partial charge in [0, 0.05) is 37.5 Å². The molecular weight excluding hydrogens is 216 g/mol. The minimum absolute atomic E-state index is 0.819. The minimum atomic E-state index is 0.819. The smallest absolute Gasteiger partial charge is 0.124 e. The Morgan fingerprint density at radius 3 is 2.18 bits per heavy atom. The van der Waals surface area contributed by atoms with Crippen LogP contribution in [0.5, 0.6) is 11.5 Å². The van der Waals surface area contributed by atoms with Crippen LogP contribution in [-0.2, 0) is 0 Å². The van der Waals surface area contributed by atoms with E-state index in [0.717, 1.165) is 36.7 Å². The molecule has 0 heterocycles. The summed E-state index contributed by atoms with van der Waals surface area (Å²) in [6.07, 6.45) is 1.10. The number of nitrogens with zero attached hydrogens (tertiary/aromatic N) is 1. The van der Waals surface area contributed by atoms with E-state index in [9.17, 15) is 0 Å². The van der Waals surface area contributed by atoms with Crippen LogP contribution in [0.3, 0.4) is 0 Å². The largest absolute Gasteiger partial charge is 0.497 e. The number of nitrogens with one attached hydrogen (secondary N) is 1. The maximum absolute atomic E-state index is 5.25. The second-order valence-corrected chi connectivity index (χ2v) is 3.95. The van der Waals surface area contributed by atoms with Gasteiger partial charge in [-0.15, -0.1) is 0 Å². The number of benzene rings is 1. The number of hydrogen-bond donors (Lipinski definition) is 1. The fourth-order valence-electron chi connectivity index (χ4n) is 1.63. The van der Waals surface area contributed by atoms with Gasteiger partial charge in [0.05, 0.1) is 14.2 Å². The maximum Gasteiger partial charge on any atom is 0.124 e. The molecule has 0 amide bonds. The van der Waals surface area contributed by atoms with Gasteiger partial charge in [-0.25, -0.2) is 0 Å². The molecule has 0 spiro atoms. The van der Waals surface area contributed by atoms with Crippen molar-refractivity contribution in [1.82, 2.24) is 5.32 Å². The number of hydrogen-bond acceptors (Lipinski definition) is 4. The Hall–Kier alpha value is -1.42. The zero-order chi connectivity index (χ0) is 12.7. The number of rotatable bonds is 7. The Balaban J connectivity index is 2.73. The van der Waals surface area contributed by atoms with Gasteiger partial charge in [0.1, 0.15) is 11.5 Å². The minimum Gasteiger partial charge on any atom is -0.497 e. The van der Waals surface area contributed by atoms with Crippen molar-refractivity contribution >= 4 is 5.69 Å². The van der Waals surface area contributed by atoms with Crippen molar-refractivity contribution in [2.24, 2.45) is 0 Å². The summed E-state index contributed by atoms with van der Waals surface area (Å²) in [6, 6.07) is 5.91. The normalized spacial score (nSPS) is 10.1. The summed E-state index contributed by atoms with van der Waals surface area (Å²) in [7, 11) is 7.37. The lowest BCUT2D eigenvalue weighted by Crippen LogP contribution is -2.22. The van der Waals surface area contributed by atoms with Crippen LogP contribution in [0.1, 0.15) is 6.42 Å². The van der Waals surface area contributed by atoms with E-state index in [1.54, 1.807) is 14.2 Å². The molecule has 96 valence electrons. The van der Waals surface area contributed by atoms with Gasteiger partial charge in [-0.2, -0.15) is 0 Å². The second kappa shape index (κ2) is 7.01. The molecule has 1 N–H and O–H groups in total. The fraction of sp³-hybridized carbons (Fsp3) is 0.538. The van der Waals surface area contributed by atoms with E-state index in [-0.39, 0.29) is 0 Å². The van der Waals surface area contributed by atoms with Crippen LogP contribution in [-0.4, -0.2) is 41.4 Å². The highest BCUT2D eigenvalue weighted by atomic mass is 16.5. The highest BCUT2D eigenvalue weighted by Crippen LogP contribution is 2.27. The topological polar surface area (TPSA) is 33.7 Å². The molecule has 0 unspecified atom stereocenters. The van der Waals surface area contributed by atoms with Crippen molar-refractivity contribution in [3.05, 3.63) is 18.2 Å². The van der Waals surface area contributed by atoms with Gasteiger partial charge < -0.3 is 19.7 Å². The van der Waals surface area contributed by atoms with E-state index in [1.807, 2.05) is 25.2 Å². The van der Waals surface area contributed by atoms with Crippen LogP contribution in [0.2, 0.25) is 0 Å². The van der Waals surface area contributed by atoms with Crippen molar-refractivity contribution in [3.8, 4) is 11.5 Å². The highest BCUT2D eigenvalue weighted by Gasteiger charge is 2.05. The number of ether oxygens (including phenoxy) is 2. The molecular formula is C13H22N2O2. The molecule has 1 aromatic carbocycles. The summed E-state index contributed by atoms with van der Waals surface area (Å²) < 4.78 is 10.5. The first-order valence-corrected chi connectivity index (χ1v) is 5.80. The monoisotopic (exact) mass is 238 g/mol. The van der Waals surface area contributed by atoms with Crippen LogP contribution < -0.4 is 19.7 Å². The van der Waals surface area contributed by atoms with Crippen LogP contribution in [0.25, 0.3) is 0 Å². The van der Waals surface area contributed by atoms with Gasteiger partial charge in [-0.05, 0) is 20.0 Å². The average Bonchev–Trinajstić information content (AvgIpc) is 2.38. The summed E-state index contributed by atoms with van der Waals surface area (Å²) in [5.74, 6) is 1.64. The quantitative estimate of drug-likeness (QED) is 0.734. The molecule has 0 aliphatic heterocycles. The number of methoxy groups -OCH3 is 2. The van der Waals surface area contributed by atoms with Gasteiger partial charge in [0.2, 0.25) is 0 Å². The van der Waals surface area contributed by atoms with Crippen LogP contribution >= 0.6 is 0 Å². The molecule has 0 radical (unpaired) electrons. The molecule has 0 bridgehead atoms. The molecule has 0 aromatic heterocycles. The summed E-state index contributed by atoms with van der Waals surface area (Å²) in [5, 5.41) is 3.14. The van der Waals surface area contributed by atoms with Gasteiger partial charge in [-0.1, -0.05) is 0 Å². The Labute approximate surface area is 104 Å². The lowest BCUT2D eigenvalue weighted by Gasteiger charge is -2.20. The van der Waals surface area contributed by atoms with Crippen LogP contribution in [0.4, 0.5) is 5.69 Å². The lowest BCUT2D eigenvalue weighted by atomic mass is 10.2. The van der Waals surface area contributed by atoms with E-state index in [0.29, 0.717) is 0 Å². The first-order chi connectivity index (χ1) is 8.21. The molecule has 1 aromatic rings. The molecule has 0 atom stereocenters. The maximum atomic E-state index is 5.25. The summed E-state index contributed by atoms with van der Waals surface area (Å²) in [5.41, 5.74) is 1.11. The molecule has 17 heavy (non-hydrogen) atoms. The van der Waals surface area contributed by atoms with E-state index in [1.165, 1.54) is 0 Å². The molecule has 0 aliphatic carbocycles. The summed E-state index contributed by atoms with van der Waals surface area (Å²) in [4.78, 5) is 2.20. The molecule has 1 rings (SSSR count). The molecule has 4 nitrogen and oxygen atoms in total. The molecule has 0 aliphatic rings. The molecule has 0 fully saturated rings. The third-order valence-electron chi connectivity index (χ3n) is 2.70. The zero-order valence-corrected chi connectivity index (χ0v) is 11.1. The van der Waals surface area contributed by atoms with Crippen LogP contribution in [0.15, 0.2) is 18.2 Å². The summed E-state index contributed by atoms with van der Waals surface area (Å²) >= 11 is 0. The third kappa shape index (κ3) is 4.15. The molecule has 0 saturated heterocycles. The Morgan fingerprint density at radius 2 is 1.71 bits per heavy atom. The fourth-order valence-corrected chi connectivity index (χ4v) is 1.63. The second-order valence-electron chi connectivity index (χ2n) is 3.95. The predicted octanol–water partition coefficient (Wildman–Crippen LogP) is 1.75. The van der Waals surface area contributed by atoms with E-state index in [4.69, 9.17) is 9.47 Å². The Kier molecular flexibility index (Phi) is 5.63. The van der Waals surface area contributed by atoms with Gasteiger partial charge >= 0.3 is 0 Å². The van der Waals surface area contributed by atoms with Gasteiger partial charge in [0.25, 0.3) is 0 Å². The van der Waals surface area contributed by atoms with Gasteiger partial charge in [0.15, 0.2) is 0 Å². The number of anilines is 1. The Morgan fingerprint density at radius 1 is 1.12 bits per heavy atom. The van der Waals surface area contributed by atoms with Crippen molar-refractivity contribution in [2.75, 3.05) is 46.3 Å². The first kappa shape index (κ1) is 13.6. The zero-order valence-electron chi connectivity index (χ0n) is 11.1. The predicted molar refractivity (Wildman–Crippen MR) is 71.4 cm³/mol. The average molecular weight is 238 g/mol. The van der Waals surface area contributed by atoms with E-state index >= 15 is 0 Å². The van der Waals surface area contributed by atoms with Gasteiger partial charge in [-0.3, -0.25) is 0 Å². The van der Waals surface area contributed by atoms with E-state index in [2.05, 4.69) is 17.3 Å². The van der Waals surface area contributed by atoms with Crippen molar-refractivity contribution in [2.45, 2.75) is 6.42 Å². The summed E-state index contributed by atoms with van der Waals surface area (Å²) in [6.45, 7) is 2.02. The van der Waals surface area contributed by atoms with Crippen molar-refractivity contribution in [3.63, 3.8) is 0 Å². The molecule has 4 heteroatoms.